The minimum atomic E-state index is -1.03. The Kier molecular flexibility index (Phi) is 3.63. The van der Waals surface area contributed by atoms with E-state index in [0.717, 1.165) is 0 Å². The lowest BCUT2D eigenvalue weighted by Crippen LogP contribution is -2.36. The van der Waals surface area contributed by atoms with Gasteiger partial charge in [0.2, 0.25) is 0 Å². The van der Waals surface area contributed by atoms with Crippen molar-refractivity contribution >= 4 is 11.9 Å². The molecule has 5 heteroatoms. The lowest BCUT2D eigenvalue weighted by atomic mass is 10.0. The average molecular weight is 222 g/mol. The third-order valence-electron chi connectivity index (χ3n) is 2.13. The van der Waals surface area contributed by atoms with Crippen LogP contribution in [0.25, 0.3) is 0 Å². The summed E-state index contributed by atoms with van der Waals surface area (Å²) < 4.78 is 0. The van der Waals surface area contributed by atoms with Gasteiger partial charge in [-0.25, -0.2) is 9.80 Å². The molecule has 0 heterocycles. The van der Waals surface area contributed by atoms with E-state index in [2.05, 4.69) is 5.43 Å². The van der Waals surface area contributed by atoms with Crippen molar-refractivity contribution in [3.05, 3.63) is 34.9 Å². The highest BCUT2D eigenvalue weighted by Gasteiger charge is 2.15. The lowest BCUT2D eigenvalue weighted by Gasteiger charge is -2.13. The molecule has 0 aliphatic carbocycles. The number of amides is 1. The zero-order valence-electron chi connectivity index (χ0n) is 9.44. The van der Waals surface area contributed by atoms with Crippen LogP contribution >= 0.6 is 0 Å². The van der Waals surface area contributed by atoms with E-state index < -0.39 is 5.97 Å². The Morgan fingerprint density at radius 2 is 1.81 bits per heavy atom. The van der Waals surface area contributed by atoms with Gasteiger partial charge >= 0.3 is 5.97 Å². The molecule has 0 saturated carbocycles. The van der Waals surface area contributed by atoms with Gasteiger partial charge in [0.15, 0.2) is 0 Å². The Balaban J connectivity index is 3.10. The van der Waals surface area contributed by atoms with E-state index in [9.17, 15) is 9.59 Å². The van der Waals surface area contributed by atoms with Crippen molar-refractivity contribution in [1.29, 1.82) is 0 Å². The second-order valence-electron chi connectivity index (χ2n) is 3.62. The topological polar surface area (TPSA) is 69.6 Å². The van der Waals surface area contributed by atoms with E-state index in [1.165, 1.54) is 11.1 Å². The normalized spacial score (nSPS) is 10.2. The molecule has 1 rings (SSSR count). The Bertz CT molecular complexity index is 427. The van der Waals surface area contributed by atoms with Crippen LogP contribution in [-0.2, 0) is 0 Å². The standard InChI is InChI=1S/C11H14N2O3/c1-7-8(10(14)12-13(2)3)5-4-6-9(7)11(15)16/h4-6H,1-3H3,(H,12,14)(H,15,16). The Labute approximate surface area is 93.7 Å². The van der Waals surface area contributed by atoms with Gasteiger partial charge in [0.25, 0.3) is 5.91 Å². The molecule has 0 saturated heterocycles. The van der Waals surface area contributed by atoms with Gasteiger partial charge in [0.1, 0.15) is 0 Å². The molecule has 0 fully saturated rings. The van der Waals surface area contributed by atoms with Gasteiger partial charge < -0.3 is 5.11 Å². The molecule has 16 heavy (non-hydrogen) atoms. The second kappa shape index (κ2) is 4.76. The minimum absolute atomic E-state index is 0.145. The number of carbonyl (C=O) groups is 2. The molecule has 5 nitrogen and oxygen atoms in total. The van der Waals surface area contributed by atoms with Gasteiger partial charge in [0.05, 0.1) is 5.56 Å². The van der Waals surface area contributed by atoms with Crippen LogP contribution in [0.3, 0.4) is 0 Å². The van der Waals surface area contributed by atoms with Gasteiger partial charge in [0, 0.05) is 19.7 Å². The van der Waals surface area contributed by atoms with Crippen molar-refractivity contribution in [1.82, 2.24) is 10.4 Å². The van der Waals surface area contributed by atoms with Crippen molar-refractivity contribution in [2.45, 2.75) is 6.92 Å². The summed E-state index contributed by atoms with van der Waals surface area (Å²) in [6.45, 7) is 1.62. The van der Waals surface area contributed by atoms with Crippen molar-refractivity contribution < 1.29 is 14.7 Å². The minimum Gasteiger partial charge on any atom is -0.478 e. The molecular weight excluding hydrogens is 208 g/mol. The summed E-state index contributed by atoms with van der Waals surface area (Å²) in [7, 11) is 3.38. The molecule has 1 aromatic carbocycles. The predicted molar refractivity (Wildman–Crippen MR) is 59.3 cm³/mol. The fourth-order valence-corrected chi connectivity index (χ4v) is 1.38. The summed E-state index contributed by atoms with van der Waals surface area (Å²) in [5.41, 5.74) is 3.55. The van der Waals surface area contributed by atoms with E-state index in [1.807, 2.05) is 0 Å². The van der Waals surface area contributed by atoms with E-state index >= 15 is 0 Å². The first-order valence-corrected chi connectivity index (χ1v) is 4.74. The Hall–Kier alpha value is -1.88. The van der Waals surface area contributed by atoms with Crippen LogP contribution < -0.4 is 5.43 Å². The fourth-order valence-electron chi connectivity index (χ4n) is 1.38. The predicted octanol–water partition coefficient (Wildman–Crippen LogP) is 0.900. The van der Waals surface area contributed by atoms with Crippen LogP contribution in [-0.4, -0.2) is 36.1 Å². The molecule has 0 aliphatic rings. The Morgan fingerprint density at radius 1 is 1.25 bits per heavy atom. The van der Waals surface area contributed by atoms with Crippen molar-refractivity contribution in [2.75, 3.05) is 14.1 Å². The van der Waals surface area contributed by atoms with Crippen LogP contribution in [0.4, 0.5) is 0 Å². The highest BCUT2D eigenvalue weighted by atomic mass is 16.4. The maximum atomic E-state index is 11.7. The summed E-state index contributed by atoms with van der Waals surface area (Å²) in [5, 5.41) is 10.4. The van der Waals surface area contributed by atoms with E-state index in [1.54, 1.807) is 33.2 Å². The van der Waals surface area contributed by atoms with Crippen LogP contribution in [0.5, 0.6) is 0 Å². The van der Waals surface area contributed by atoms with Crippen LogP contribution in [0.2, 0.25) is 0 Å². The molecule has 1 amide bonds. The SMILES string of the molecule is Cc1c(C(=O)O)cccc1C(=O)NN(C)C. The largest absolute Gasteiger partial charge is 0.478 e. The van der Waals surface area contributed by atoms with Gasteiger partial charge in [-0.1, -0.05) is 6.07 Å². The molecule has 86 valence electrons. The van der Waals surface area contributed by atoms with Gasteiger partial charge in [-0.3, -0.25) is 10.2 Å². The maximum absolute atomic E-state index is 11.7. The molecule has 0 aliphatic heterocycles. The number of carboxylic acids is 1. The molecule has 2 N–H and O–H groups in total. The van der Waals surface area contributed by atoms with E-state index in [-0.39, 0.29) is 11.5 Å². The maximum Gasteiger partial charge on any atom is 0.335 e. The van der Waals surface area contributed by atoms with E-state index in [4.69, 9.17) is 5.11 Å². The summed E-state index contributed by atoms with van der Waals surface area (Å²) >= 11 is 0. The van der Waals surface area contributed by atoms with Crippen LogP contribution in [0.15, 0.2) is 18.2 Å². The monoisotopic (exact) mass is 222 g/mol. The second-order valence-corrected chi connectivity index (χ2v) is 3.62. The number of benzene rings is 1. The lowest BCUT2D eigenvalue weighted by molar-refractivity contribution is 0.0696. The third-order valence-corrected chi connectivity index (χ3v) is 2.13. The fraction of sp³-hybridized carbons (Fsp3) is 0.273. The van der Waals surface area contributed by atoms with Gasteiger partial charge in [-0.15, -0.1) is 0 Å². The number of nitrogens with zero attached hydrogens (tertiary/aromatic N) is 1. The summed E-state index contributed by atoms with van der Waals surface area (Å²) in [6, 6.07) is 4.63. The Morgan fingerprint density at radius 3 is 2.31 bits per heavy atom. The highest BCUT2D eigenvalue weighted by molar-refractivity contribution is 5.99. The van der Waals surface area contributed by atoms with Crippen LogP contribution in [0.1, 0.15) is 26.3 Å². The molecule has 0 unspecified atom stereocenters. The number of carboxylic acid groups (broad SMARTS) is 1. The van der Waals surface area contributed by atoms with E-state index in [0.29, 0.717) is 11.1 Å². The van der Waals surface area contributed by atoms with Gasteiger partial charge in [-0.05, 0) is 24.6 Å². The average Bonchev–Trinajstić information content (AvgIpc) is 2.16. The summed E-state index contributed by atoms with van der Waals surface area (Å²) in [6.07, 6.45) is 0. The molecular formula is C11H14N2O3. The first-order valence-electron chi connectivity index (χ1n) is 4.74. The van der Waals surface area contributed by atoms with Crippen molar-refractivity contribution in [3.8, 4) is 0 Å². The van der Waals surface area contributed by atoms with Crippen LogP contribution in [0, 0.1) is 6.92 Å². The number of nitrogens with one attached hydrogen (secondary N) is 1. The zero-order valence-corrected chi connectivity index (χ0v) is 9.44. The van der Waals surface area contributed by atoms with Gasteiger partial charge in [-0.2, -0.15) is 0 Å². The summed E-state index contributed by atoms with van der Waals surface area (Å²) in [4.78, 5) is 22.6. The quantitative estimate of drug-likeness (QED) is 0.745. The zero-order chi connectivity index (χ0) is 12.3. The third kappa shape index (κ3) is 2.58. The number of aromatic carboxylic acids is 1. The smallest absolute Gasteiger partial charge is 0.335 e. The molecule has 1 aromatic rings. The number of rotatable bonds is 3. The first-order chi connectivity index (χ1) is 7.43. The molecule has 0 radical (unpaired) electrons. The summed E-state index contributed by atoms with van der Waals surface area (Å²) in [5.74, 6) is -1.34. The van der Waals surface area contributed by atoms with Crippen molar-refractivity contribution in [2.24, 2.45) is 0 Å². The number of hydrazine groups is 1. The first kappa shape index (κ1) is 12.2. The molecule has 0 atom stereocenters. The molecule has 0 bridgehead atoms. The number of hydrogen-bond donors (Lipinski definition) is 2. The number of carbonyl (C=O) groups excluding carboxylic acids is 1. The highest BCUT2D eigenvalue weighted by Crippen LogP contribution is 2.13. The van der Waals surface area contributed by atoms with Crippen molar-refractivity contribution in [3.63, 3.8) is 0 Å². The molecule has 0 spiro atoms. The molecule has 0 aromatic heterocycles. The number of hydrogen-bond acceptors (Lipinski definition) is 3.